The second-order valence-corrected chi connectivity index (χ2v) is 3.31. The molecule has 0 bridgehead atoms. The van der Waals surface area contributed by atoms with E-state index in [1.165, 1.54) is 0 Å². The lowest BCUT2D eigenvalue weighted by Gasteiger charge is -2.06. The van der Waals surface area contributed by atoms with Crippen molar-refractivity contribution in [3.8, 4) is 0 Å². The molecule has 0 fully saturated rings. The van der Waals surface area contributed by atoms with Gasteiger partial charge in [0.1, 0.15) is 0 Å². The van der Waals surface area contributed by atoms with Crippen molar-refractivity contribution >= 4 is 11.3 Å². The third kappa shape index (κ3) is 1.99. The smallest absolute Gasteiger partial charge is 0.0798 e. The molecule has 1 aromatic heterocycles. The third-order valence-electron chi connectivity index (χ3n) is 1.56. The molecule has 3 nitrogen and oxygen atoms in total. The zero-order valence-electron chi connectivity index (χ0n) is 6.45. The van der Waals surface area contributed by atoms with Gasteiger partial charge < -0.3 is 10.8 Å². The van der Waals surface area contributed by atoms with Crippen LogP contribution in [0.3, 0.4) is 0 Å². The Labute approximate surface area is 69.9 Å². The average molecular weight is 172 g/mol. The molecule has 1 atom stereocenters. The highest BCUT2D eigenvalue weighted by molar-refractivity contribution is 7.09. The van der Waals surface area contributed by atoms with Gasteiger partial charge in [-0.1, -0.05) is 0 Å². The second kappa shape index (κ2) is 3.80. The number of thiazole rings is 1. The molecule has 62 valence electrons. The zero-order valence-corrected chi connectivity index (χ0v) is 7.27. The first-order valence-electron chi connectivity index (χ1n) is 3.52. The molecule has 0 aliphatic heterocycles. The van der Waals surface area contributed by atoms with Crippen molar-refractivity contribution in [1.82, 2.24) is 4.98 Å². The van der Waals surface area contributed by atoms with Gasteiger partial charge in [-0.25, -0.2) is 4.98 Å². The predicted molar refractivity (Wildman–Crippen MR) is 45.5 cm³/mol. The summed E-state index contributed by atoms with van der Waals surface area (Å²) in [7, 11) is 0. The van der Waals surface area contributed by atoms with Crippen LogP contribution in [0.5, 0.6) is 0 Å². The van der Waals surface area contributed by atoms with Crippen LogP contribution in [-0.4, -0.2) is 16.7 Å². The summed E-state index contributed by atoms with van der Waals surface area (Å²) in [5, 5.41) is 8.63. The molecule has 1 rings (SSSR count). The van der Waals surface area contributed by atoms with Crippen LogP contribution >= 0.6 is 11.3 Å². The van der Waals surface area contributed by atoms with Gasteiger partial charge in [-0.05, 0) is 13.3 Å². The van der Waals surface area contributed by atoms with Gasteiger partial charge in [0, 0.05) is 17.5 Å². The van der Waals surface area contributed by atoms with Crippen molar-refractivity contribution in [1.29, 1.82) is 0 Å². The summed E-state index contributed by atoms with van der Waals surface area (Å²) in [5.74, 6) is 0. The lowest BCUT2D eigenvalue weighted by Crippen LogP contribution is -2.11. The van der Waals surface area contributed by atoms with E-state index in [0.717, 1.165) is 10.6 Å². The zero-order chi connectivity index (χ0) is 8.27. The molecule has 1 heterocycles. The van der Waals surface area contributed by atoms with Crippen LogP contribution in [-0.2, 0) is 0 Å². The SMILES string of the molecule is Cc1ncsc1[C@@H](N)CCO. The van der Waals surface area contributed by atoms with E-state index in [9.17, 15) is 0 Å². The monoisotopic (exact) mass is 172 g/mol. The van der Waals surface area contributed by atoms with Crippen molar-refractivity contribution in [3.63, 3.8) is 0 Å². The summed E-state index contributed by atoms with van der Waals surface area (Å²) >= 11 is 1.55. The van der Waals surface area contributed by atoms with Gasteiger partial charge in [0.05, 0.1) is 11.2 Å². The molecule has 0 aliphatic carbocycles. The number of aliphatic hydroxyl groups is 1. The molecule has 0 radical (unpaired) electrons. The number of aryl methyl sites for hydroxylation is 1. The highest BCUT2D eigenvalue weighted by atomic mass is 32.1. The molecule has 0 saturated carbocycles. The Morgan fingerprint density at radius 1 is 1.82 bits per heavy atom. The molecule has 11 heavy (non-hydrogen) atoms. The van der Waals surface area contributed by atoms with Gasteiger partial charge in [-0.3, -0.25) is 0 Å². The summed E-state index contributed by atoms with van der Waals surface area (Å²) in [4.78, 5) is 5.16. The highest BCUT2D eigenvalue weighted by Crippen LogP contribution is 2.21. The average Bonchev–Trinajstić information content (AvgIpc) is 2.36. The fourth-order valence-corrected chi connectivity index (χ4v) is 1.78. The molecule has 1 aromatic rings. The van der Waals surface area contributed by atoms with Gasteiger partial charge >= 0.3 is 0 Å². The fraction of sp³-hybridized carbons (Fsp3) is 0.571. The van der Waals surface area contributed by atoms with Crippen molar-refractivity contribution < 1.29 is 5.11 Å². The van der Waals surface area contributed by atoms with Crippen LogP contribution in [0.4, 0.5) is 0 Å². The van der Waals surface area contributed by atoms with E-state index in [1.54, 1.807) is 16.8 Å². The molecule has 4 heteroatoms. The Morgan fingerprint density at radius 3 is 3.00 bits per heavy atom. The summed E-state index contributed by atoms with van der Waals surface area (Å²) in [6.45, 7) is 2.07. The van der Waals surface area contributed by atoms with E-state index in [1.807, 2.05) is 6.92 Å². The minimum atomic E-state index is -0.0486. The first-order chi connectivity index (χ1) is 5.25. The van der Waals surface area contributed by atoms with Crippen molar-refractivity contribution in [2.45, 2.75) is 19.4 Å². The van der Waals surface area contributed by atoms with Gasteiger partial charge in [0.15, 0.2) is 0 Å². The minimum Gasteiger partial charge on any atom is -0.396 e. The topological polar surface area (TPSA) is 59.1 Å². The third-order valence-corrected chi connectivity index (χ3v) is 2.62. The summed E-state index contributed by atoms with van der Waals surface area (Å²) < 4.78 is 0. The van der Waals surface area contributed by atoms with Gasteiger partial charge in [0.25, 0.3) is 0 Å². The van der Waals surface area contributed by atoms with E-state index in [-0.39, 0.29) is 12.6 Å². The molecule has 0 aromatic carbocycles. The number of rotatable bonds is 3. The number of nitrogens with two attached hydrogens (primary N) is 1. The number of nitrogens with zero attached hydrogens (tertiary/aromatic N) is 1. The van der Waals surface area contributed by atoms with E-state index in [2.05, 4.69) is 4.98 Å². The molecule has 0 aliphatic rings. The molecular formula is C7H12N2OS. The normalized spacial score (nSPS) is 13.4. The number of hydrogen-bond acceptors (Lipinski definition) is 4. The first-order valence-corrected chi connectivity index (χ1v) is 4.40. The van der Waals surface area contributed by atoms with Crippen molar-refractivity contribution in [2.75, 3.05) is 6.61 Å². The van der Waals surface area contributed by atoms with E-state index in [4.69, 9.17) is 10.8 Å². The van der Waals surface area contributed by atoms with Crippen LogP contribution in [0, 0.1) is 6.92 Å². The summed E-state index contributed by atoms with van der Waals surface area (Å²) in [6.07, 6.45) is 0.614. The van der Waals surface area contributed by atoms with Crippen LogP contribution in [0.2, 0.25) is 0 Å². The number of aromatic nitrogens is 1. The van der Waals surface area contributed by atoms with Crippen LogP contribution in [0.25, 0.3) is 0 Å². The second-order valence-electron chi connectivity index (χ2n) is 2.42. The Kier molecular flexibility index (Phi) is 2.99. The lowest BCUT2D eigenvalue weighted by atomic mass is 10.2. The maximum Gasteiger partial charge on any atom is 0.0798 e. The molecule has 0 saturated heterocycles. The van der Waals surface area contributed by atoms with E-state index < -0.39 is 0 Å². The largest absolute Gasteiger partial charge is 0.396 e. The lowest BCUT2D eigenvalue weighted by molar-refractivity contribution is 0.277. The van der Waals surface area contributed by atoms with E-state index >= 15 is 0 Å². The minimum absolute atomic E-state index is 0.0486. The standard InChI is InChI=1S/C7H12N2OS/c1-5-7(11-4-9-5)6(8)2-3-10/h4,6,10H,2-3,8H2,1H3/t6-/m0/s1. The highest BCUT2D eigenvalue weighted by Gasteiger charge is 2.09. The first kappa shape index (κ1) is 8.64. The van der Waals surface area contributed by atoms with E-state index in [0.29, 0.717) is 6.42 Å². The Morgan fingerprint density at radius 2 is 2.55 bits per heavy atom. The quantitative estimate of drug-likeness (QED) is 0.710. The fourth-order valence-electron chi connectivity index (χ4n) is 0.937. The summed E-state index contributed by atoms with van der Waals surface area (Å²) in [5.41, 5.74) is 8.52. The Hall–Kier alpha value is -0.450. The maximum absolute atomic E-state index is 8.63. The predicted octanol–water partition coefficient (Wildman–Crippen LogP) is 0.834. The van der Waals surface area contributed by atoms with Gasteiger partial charge in [-0.2, -0.15) is 0 Å². The molecule has 0 spiro atoms. The molecule has 3 N–H and O–H groups in total. The summed E-state index contributed by atoms with van der Waals surface area (Å²) in [6, 6.07) is -0.0486. The van der Waals surface area contributed by atoms with Crippen molar-refractivity contribution in [2.24, 2.45) is 5.73 Å². The van der Waals surface area contributed by atoms with Crippen LogP contribution in [0.15, 0.2) is 5.51 Å². The van der Waals surface area contributed by atoms with Crippen LogP contribution in [0.1, 0.15) is 23.0 Å². The number of hydrogen-bond donors (Lipinski definition) is 2. The molecule has 0 amide bonds. The van der Waals surface area contributed by atoms with Gasteiger partial charge in [-0.15, -0.1) is 11.3 Å². The molecule has 0 unspecified atom stereocenters. The number of aliphatic hydroxyl groups excluding tert-OH is 1. The van der Waals surface area contributed by atoms with Crippen molar-refractivity contribution in [3.05, 3.63) is 16.1 Å². The molecular weight excluding hydrogens is 160 g/mol. The Bertz CT molecular complexity index is 224. The van der Waals surface area contributed by atoms with Crippen LogP contribution < -0.4 is 5.73 Å². The Balaban J connectivity index is 2.67. The maximum atomic E-state index is 8.63. The van der Waals surface area contributed by atoms with Gasteiger partial charge in [0.2, 0.25) is 0 Å².